The summed E-state index contributed by atoms with van der Waals surface area (Å²) in [6.07, 6.45) is 7.74. The number of carboxylic acid groups (broad SMARTS) is 1. The summed E-state index contributed by atoms with van der Waals surface area (Å²) in [5, 5.41) is 11.4. The van der Waals surface area contributed by atoms with Gasteiger partial charge in [0.15, 0.2) is 11.3 Å². The summed E-state index contributed by atoms with van der Waals surface area (Å²) in [5.74, 6) is -0.671. The van der Waals surface area contributed by atoms with Crippen molar-refractivity contribution in [3.8, 4) is 5.88 Å². The zero-order chi connectivity index (χ0) is 28.7. The predicted octanol–water partition coefficient (Wildman–Crippen LogP) is 7.05. The van der Waals surface area contributed by atoms with E-state index in [0.29, 0.717) is 28.8 Å². The van der Waals surface area contributed by atoms with Crippen LogP contribution in [0.15, 0.2) is 36.7 Å². The molecule has 9 heteroatoms. The lowest BCUT2D eigenvalue weighted by molar-refractivity contribution is -0.123. The summed E-state index contributed by atoms with van der Waals surface area (Å²) in [5.41, 5.74) is 5.26. The summed E-state index contributed by atoms with van der Waals surface area (Å²) in [7, 11) is 1.85. The first-order chi connectivity index (χ1) is 18.7. The van der Waals surface area contributed by atoms with E-state index in [1.54, 1.807) is 10.7 Å². The lowest BCUT2D eigenvalue weighted by Gasteiger charge is -2.25. The van der Waals surface area contributed by atoms with Crippen molar-refractivity contribution < 1.29 is 23.8 Å². The Morgan fingerprint density at radius 1 is 1.13 bits per heavy atom. The quantitative estimate of drug-likeness (QED) is 0.267. The third kappa shape index (κ3) is 6.82. The Bertz CT molecular complexity index is 1330. The Morgan fingerprint density at radius 2 is 1.74 bits per heavy atom. The monoisotopic (exact) mass is 538 g/mol. The predicted molar refractivity (Wildman–Crippen MR) is 151 cm³/mol. The molecule has 8 nitrogen and oxygen atoms in total. The second kappa shape index (κ2) is 13.4. The van der Waals surface area contributed by atoms with Crippen LogP contribution < -0.4 is 9.64 Å². The van der Waals surface area contributed by atoms with Crippen LogP contribution in [0.3, 0.4) is 0 Å². The first kappa shape index (κ1) is 29.8. The lowest BCUT2D eigenvalue weighted by Crippen LogP contribution is -2.28. The van der Waals surface area contributed by atoms with Crippen molar-refractivity contribution in [1.29, 1.82) is 0 Å². The molecule has 0 bridgehead atoms. The highest BCUT2D eigenvalue weighted by atomic mass is 19.1. The number of halogens is 1. The molecule has 0 aliphatic heterocycles. The summed E-state index contributed by atoms with van der Waals surface area (Å²) >= 11 is 0. The van der Waals surface area contributed by atoms with Crippen molar-refractivity contribution in [3.05, 3.63) is 53.4 Å². The van der Waals surface area contributed by atoms with Crippen LogP contribution in [0.25, 0.3) is 11.0 Å². The van der Waals surface area contributed by atoms with Crippen LogP contribution in [0.5, 0.6) is 5.88 Å². The molecule has 2 fully saturated rings. The zero-order valence-electron chi connectivity index (χ0n) is 23.5. The second-order valence-electron chi connectivity index (χ2n) is 9.76. The van der Waals surface area contributed by atoms with E-state index in [-0.39, 0.29) is 12.6 Å². The van der Waals surface area contributed by atoms with Gasteiger partial charge in [0.2, 0.25) is 0 Å². The van der Waals surface area contributed by atoms with E-state index in [9.17, 15) is 9.18 Å². The number of carbonyl (C=O) groups is 2. The summed E-state index contributed by atoms with van der Waals surface area (Å²) < 4.78 is 22.3. The highest BCUT2D eigenvalue weighted by Gasteiger charge is 2.32. The van der Waals surface area contributed by atoms with Crippen LogP contribution in [0, 0.1) is 13.8 Å². The standard InChI is InChI=1S/C27H31FN4O2.C2H6.CH2O2/c1-16-14-21(19-10-11-19)23(15-17(16)2)32(27(33)18(3)28)24-13-12-22-25(29-24)26(30-31(22)4)34-20-8-6-5-7-9-20;1-2;2-1-3/h12-15,19-20H,3,5-11H2,1-2,4H3;1-2H3;1H,(H,2,3). The molecule has 0 radical (unpaired) electrons. The maximum absolute atomic E-state index is 14.3. The summed E-state index contributed by atoms with van der Waals surface area (Å²) in [4.78, 5) is 27.7. The van der Waals surface area contributed by atoms with Gasteiger partial charge in [-0.15, -0.1) is 5.10 Å². The molecule has 0 spiro atoms. The fraction of sp³-hybridized carbons (Fsp3) is 0.467. The third-order valence-corrected chi connectivity index (χ3v) is 7.05. The molecule has 1 aromatic carbocycles. The molecule has 2 aliphatic carbocycles. The number of carbonyl (C=O) groups excluding carboxylic acids is 1. The Hall–Kier alpha value is -3.75. The van der Waals surface area contributed by atoms with Gasteiger partial charge in [0.1, 0.15) is 11.9 Å². The minimum Gasteiger partial charge on any atom is -0.483 e. The smallest absolute Gasteiger partial charge is 0.292 e. The molecule has 39 heavy (non-hydrogen) atoms. The average Bonchev–Trinajstić information content (AvgIpc) is 3.73. The number of aromatic nitrogens is 3. The third-order valence-electron chi connectivity index (χ3n) is 7.05. The molecule has 2 aromatic heterocycles. The van der Waals surface area contributed by atoms with E-state index in [0.717, 1.165) is 60.7 Å². The highest BCUT2D eigenvalue weighted by molar-refractivity contribution is 6.09. The summed E-state index contributed by atoms with van der Waals surface area (Å²) in [6.45, 7) is 11.1. The van der Waals surface area contributed by atoms with E-state index in [2.05, 4.69) is 24.7 Å². The molecule has 3 aromatic rings. The number of nitrogens with zero attached hydrogens (tertiary/aromatic N) is 4. The first-order valence-corrected chi connectivity index (χ1v) is 13.6. The highest BCUT2D eigenvalue weighted by Crippen LogP contribution is 2.47. The molecule has 5 rings (SSSR count). The van der Waals surface area contributed by atoms with Crippen LogP contribution in [-0.4, -0.2) is 38.4 Å². The Labute approximate surface area is 229 Å². The van der Waals surface area contributed by atoms with Gasteiger partial charge in [-0.3, -0.25) is 19.2 Å². The summed E-state index contributed by atoms with van der Waals surface area (Å²) in [6, 6.07) is 7.67. The molecule has 2 saturated carbocycles. The van der Waals surface area contributed by atoms with Gasteiger partial charge in [0, 0.05) is 7.05 Å². The number of aryl methyl sites for hydroxylation is 3. The Morgan fingerprint density at radius 3 is 2.33 bits per heavy atom. The molecule has 210 valence electrons. The largest absolute Gasteiger partial charge is 0.483 e. The molecular weight excluding hydrogens is 499 g/mol. The molecule has 1 N–H and O–H groups in total. The molecular formula is C30H39FN4O4. The number of hydrogen-bond acceptors (Lipinski definition) is 5. The van der Waals surface area contributed by atoms with Gasteiger partial charge in [-0.25, -0.2) is 9.37 Å². The van der Waals surface area contributed by atoms with Crippen molar-refractivity contribution in [3.63, 3.8) is 0 Å². The normalized spacial score (nSPS) is 14.9. The van der Waals surface area contributed by atoms with Gasteiger partial charge in [-0.2, -0.15) is 0 Å². The number of ether oxygens (including phenoxy) is 1. The van der Waals surface area contributed by atoms with E-state index in [4.69, 9.17) is 19.6 Å². The number of benzene rings is 1. The van der Waals surface area contributed by atoms with Crippen LogP contribution in [-0.2, 0) is 16.6 Å². The van der Waals surface area contributed by atoms with E-state index >= 15 is 0 Å². The number of amides is 1. The molecule has 2 heterocycles. The lowest BCUT2D eigenvalue weighted by atomic mass is 9.98. The fourth-order valence-corrected chi connectivity index (χ4v) is 4.84. The van der Waals surface area contributed by atoms with Crippen molar-refractivity contribution in [1.82, 2.24) is 14.8 Å². The molecule has 0 atom stereocenters. The number of hydrogen-bond donors (Lipinski definition) is 1. The topological polar surface area (TPSA) is 97.6 Å². The molecule has 0 saturated heterocycles. The number of pyridine rings is 1. The van der Waals surface area contributed by atoms with Crippen molar-refractivity contribution >= 4 is 34.9 Å². The number of rotatable bonds is 6. The van der Waals surface area contributed by atoms with Gasteiger partial charge in [-0.1, -0.05) is 32.9 Å². The number of anilines is 2. The van der Waals surface area contributed by atoms with Gasteiger partial charge in [-0.05, 0) is 93.2 Å². The average molecular weight is 539 g/mol. The van der Waals surface area contributed by atoms with Gasteiger partial charge in [0.05, 0.1) is 11.2 Å². The van der Waals surface area contributed by atoms with Gasteiger partial charge in [0.25, 0.3) is 18.3 Å². The Balaban J connectivity index is 0.000000787. The molecule has 0 unspecified atom stereocenters. The Kier molecular flexibility index (Phi) is 10.2. The van der Waals surface area contributed by atoms with Crippen molar-refractivity contribution in [2.45, 2.75) is 84.7 Å². The maximum atomic E-state index is 14.3. The van der Waals surface area contributed by atoms with Crippen molar-refractivity contribution in [2.75, 3.05) is 4.90 Å². The van der Waals surface area contributed by atoms with E-state index in [1.807, 2.05) is 40.0 Å². The zero-order valence-corrected chi connectivity index (χ0v) is 23.5. The molecule has 2 aliphatic rings. The first-order valence-electron chi connectivity index (χ1n) is 13.6. The van der Waals surface area contributed by atoms with Crippen LogP contribution >= 0.6 is 0 Å². The maximum Gasteiger partial charge on any atom is 0.292 e. The van der Waals surface area contributed by atoms with E-state index in [1.165, 1.54) is 11.3 Å². The molecule has 1 amide bonds. The van der Waals surface area contributed by atoms with Crippen LogP contribution in [0.4, 0.5) is 15.9 Å². The van der Waals surface area contributed by atoms with Gasteiger partial charge < -0.3 is 9.84 Å². The van der Waals surface area contributed by atoms with Crippen LogP contribution in [0.1, 0.15) is 81.4 Å². The van der Waals surface area contributed by atoms with Crippen LogP contribution in [0.2, 0.25) is 0 Å². The second-order valence-corrected chi connectivity index (χ2v) is 9.76. The minimum atomic E-state index is -1.02. The number of fused-ring (bicyclic) bond motifs is 1. The SMILES string of the molecule is C=C(F)C(=O)N(c1ccc2c(n1)c(OC1CCCCC1)nn2C)c1cc(C)c(C)cc1C1CC1.CC.O=CO. The minimum absolute atomic E-state index is 0.113. The van der Waals surface area contributed by atoms with E-state index < -0.39 is 11.7 Å². The van der Waals surface area contributed by atoms with Crippen molar-refractivity contribution in [2.24, 2.45) is 7.05 Å². The fourth-order valence-electron chi connectivity index (χ4n) is 4.84. The van der Waals surface area contributed by atoms with Gasteiger partial charge >= 0.3 is 0 Å².